The highest BCUT2D eigenvalue weighted by atomic mass is 16.2. The van der Waals surface area contributed by atoms with Gasteiger partial charge in [0.15, 0.2) is 0 Å². The molecular formula is C28H23N5O3. The molecule has 2 aromatic carbocycles. The Kier molecular flexibility index (Phi) is 6.48. The SMILES string of the molecule is O=C(Nc1ccccn1)c1ccc(CN2C(=O)c3ccccc3NC(=O)[C@H]2Cc2cccnc2)cc1. The first-order chi connectivity index (χ1) is 17.6. The number of nitrogens with zero attached hydrogens (tertiary/aromatic N) is 3. The number of hydrogen-bond acceptors (Lipinski definition) is 5. The van der Waals surface area contributed by atoms with Gasteiger partial charge in [-0.1, -0.05) is 36.4 Å². The summed E-state index contributed by atoms with van der Waals surface area (Å²) >= 11 is 0. The van der Waals surface area contributed by atoms with Crippen LogP contribution in [-0.2, 0) is 17.8 Å². The third kappa shape index (κ3) is 4.97. The summed E-state index contributed by atoms with van der Waals surface area (Å²) in [6.45, 7) is 0.202. The summed E-state index contributed by atoms with van der Waals surface area (Å²) in [7, 11) is 0. The number of amides is 3. The summed E-state index contributed by atoms with van der Waals surface area (Å²) in [5.74, 6) is -0.322. The number of hydrogen-bond donors (Lipinski definition) is 2. The number of carbonyl (C=O) groups is 3. The largest absolute Gasteiger partial charge is 0.324 e. The smallest absolute Gasteiger partial charge is 0.256 e. The highest BCUT2D eigenvalue weighted by Gasteiger charge is 2.35. The van der Waals surface area contributed by atoms with E-state index in [-0.39, 0.29) is 24.3 Å². The van der Waals surface area contributed by atoms with E-state index >= 15 is 0 Å². The lowest BCUT2D eigenvalue weighted by atomic mass is 10.0. The van der Waals surface area contributed by atoms with Gasteiger partial charge in [0.1, 0.15) is 11.9 Å². The topological polar surface area (TPSA) is 104 Å². The van der Waals surface area contributed by atoms with Crippen molar-refractivity contribution in [2.45, 2.75) is 19.0 Å². The Balaban J connectivity index is 1.40. The molecule has 0 radical (unpaired) electrons. The van der Waals surface area contributed by atoms with E-state index in [1.165, 1.54) is 0 Å². The molecule has 1 aliphatic heterocycles. The second-order valence-electron chi connectivity index (χ2n) is 8.42. The summed E-state index contributed by atoms with van der Waals surface area (Å²) in [4.78, 5) is 49.3. The van der Waals surface area contributed by atoms with Crippen LogP contribution >= 0.6 is 0 Å². The van der Waals surface area contributed by atoms with E-state index in [4.69, 9.17) is 0 Å². The maximum Gasteiger partial charge on any atom is 0.256 e. The number of anilines is 2. The number of rotatable bonds is 6. The number of carbonyl (C=O) groups excluding carboxylic acids is 3. The van der Waals surface area contributed by atoms with E-state index in [0.29, 0.717) is 29.1 Å². The van der Waals surface area contributed by atoms with E-state index in [1.54, 1.807) is 96.3 Å². The van der Waals surface area contributed by atoms with Gasteiger partial charge in [-0.2, -0.15) is 0 Å². The van der Waals surface area contributed by atoms with Gasteiger partial charge in [-0.3, -0.25) is 19.4 Å². The van der Waals surface area contributed by atoms with E-state index in [0.717, 1.165) is 11.1 Å². The van der Waals surface area contributed by atoms with Crippen molar-refractivity contribution in [1.29, 1.82) is 0 Å². The van der Waals surface area contributed by atoms with Crippen molar-refractivity contribution in [3.63, 3.8) is 0 Å². The van der Waals surface area contributed by atoms with Crippen LogP contribution in [0.3, 0.4) is 0 Å². The third-order valence-electron chi connectivity index (χ3n) is 5.98. The number of pyridine rings is 2. The monoisotopic (exact) mass is 477 g/mol. The maximum atomic E-state index is 13.6. The van der Waals surface area contributed by atoms with Crippen LogP contribution in [0.5, 0.6) is 0 Å². The first-order valence-corrected chi connectivity index (χ1v) is 11.5. The first-order valence-electron chi connectivity index (χ1n) is 11.5. The molecule has 3 heterocycles. The number of nitrogens with one attached hydrogen (secondary N) is 2. The van der Waals surface area contributed by atoms with Crippen LogP contribution in [-0.4, -0.2) is 38.6 Å². The molecule has 0 saturated heterocycles. The number of benzene rings is 2. The van der Waals surface area contributed by atoms with Crippen molar-refractivity contribution in [3.05, 3.63) is 120 Å². The molecule has 0 aliphatic carbocycles. The zero-order valence-electron chi connectivity index (χ0n) is 19.3. The fourth-order valence-corrected chi connectivity index (χ4v) is 4.14. The van der Waals surface area contributed by atoms with Crippen LogP contribution in [0.25, 0.3) is 0 Å². The second-order valence-corrected chi connectivity index (χ2v) is 8.42. The first kappa shape index (κ1) is 22.9. The highest BCUT2D eigenvalue weighted by Crippen LogP contribution is 2.26. The molecule has 36 heavy (non-hydrogen) atoms. The molecule has 2 aromatic heterocycles. The van der Waals surface area contributed by atoms with Crippen molar-refractivity contribution in [2.24, 2.45) is 0 Å². The number of aromatic nitrogens is 2. The standard InChI is InChI=1S/C28H23N5O3/c34-26(32-25-9-3-4-15-30-25)21-12-10-19(11-13-21)18-33-24(16-20-6-5-14-29-17-20)27(35)31-23-8-2-1-7-22(23)28(33)36/h1-15,17,24H,16,18H2,(H,31,35)(H,30,32,34)/t24-/m1/s1. The summed E-state index contributed by atoms with van der Waals surface area (Å²) < 4.78 is 0. The van der Waals surface area contributed by atoms with Crippen LogP contribution < -0.4 is 10.6 Å². The number of fused-ring (bicyclic) bond motifs is 1. The summed E-state index contributed by atoms with van der Waals surface area (Å²) in [5.41, 5.74) is 3.03. The van der Waals surface area contributed by atoms with Gasteiger partial charge >= 0.3 is 0 Å². The Hall–Kier alpha value is -4.85. The molecule has 3 amide bonds. The molecular weight excluding hydrogens is 454 g/mol. The van der Waals surface area contributed by atoms with Crippen LogP contribution in [0.1, 0.15) is 31.8 Å². The van der Waals surface area contributed by atoms with Crippen molar-refractivity contribution in [1.82, 2.24) is 14.9 Å². The molecule has 5 rings (SSSR count). The lowest BCUT2D eigenvalue weighted by molar-refractivity contribution is -0.120. The highest BCUT2D eigenvalue weighted by molar-refractivity contribution is 6.10. The Bertz CT molecular complexity index is 1390. The molecule has 4 aromatic rings. The normalized spacial score (nSPS) is 15.0. The van der Waals surface area contributed by atoms with Crippen molar-refractivity contribution in [3.8, 4) is 0 Å². The van der Waals surface area contributed by atoms with E-state index < -0.39 is 6.04 Å². The minimum Gasteiger partial charge on any atom is -0.324 e. The van der Waals surface area contributed by atoms with Gasteiger partial charge in [0.2, 0.25) is 5.91 Å². The summed E-state index contributed by atoms with van der Waals surface area (Å²) in [6, 6.07) is 22.2. The summed E-state index contributed by atoms with van der Waals surface area (Å²) in [5, 5.41) is 5.66. The van der Waals surface area contributed by atoms with Crippen LogP contribution in [0.2, 0.25) is 0 Å². The van der Waals surface area contributed by atoms with Crippen molar-refractivity contribution in [2.75, 3.05) is 10.6 Å². The van der Waals surface area contributed by atoms with Gasteiger partial charge in [-0.05, 0) is 53.6 Å². The van der Waals surface area contributed by atoms with Crippen LogP contribution in [0.4, 0.5) is 11.5 Å². The molecule has 178 valence electrons. The van der Waals surface area contributed by atoms with Gasteiger partial charge in [0, 0.05) is 37.1 Å². The number of para-hydroxylation sites is 1. The van der Waals surface area contributed by atoms with E-state index in [1.807, 2.05) is 6.07 Å². The molecule has 0 saturated carbocycles. The fraction of sp³-hybridized carbons (Fsp3) is 0.107. The average Bonchev–Trinajstić information content (AvgIpc) is 3.00. The zero-order valence-corrected chi connectivity index (χ0v) is 19.3. The fourth-order valence-electron chi connectivity index (χ4n) is 4.14. The Morgan fingerprint density at radius 3 is 2.44 bits per heavy atom. The molecule has 1 aliphatic rings. The molecule has 1 atom stereocenters. The molecule has 0 bridgehead atoms. The molecule has 2 N–H and O–H groups in total. The Morgan fingerprint density at radius 2 is 1.69 bits per heavy atom. The Labute approximate surface area is 208 Å². The minimum absolute atomic E-state index is 0.202. The predicted octanol–water partition coefficient (Wildman–Crippen LogP) is 3.93. The van der Waals surface area contributed by atoms with Gasteiger partial charge in [0.25, 0.3) is 11.8 Å². The van der Waals surface area contributed by atoms with Crippen LogP contribution in [0, 0.1) is 0 Å². The average molecular weight is 478 g/mol. The van der Waals surface area contributed by atoms with Gasteiger partial charge in [0.05, 0.1) is 11.3 Å². The second kappa shape index (κ2) is 10.2. The quantitative estimate of drug-likeness (QED) is 0.438. The predicted molar refractivity (Wildman–Crippen MR) is 135 cm³/mol. The molecule has 0 spiro atoms. The van der Waals surface area contributed by atoms with E-state index in [9.17, 15) is 14.4 Å². The van der Waals surface area contributed by atoms with Gasteiger partial charge in [-0.25, -0.2) is 4.98 Å². The Morgan fingerprint density at radius 1 is 0.889 bits per heavy atom. The minimum atomic E-state index is -0.735. The molecule has 8 heteroatoms. The van der Waals surface area contributed by atoms with Crippen molar-refractivity contribution >= 4 is 29.2 Å². The lowest BCUT2D eigenvalue weighted by Gasteiger charge is -2.29. The summed E-state index contributed by atoms with van der Waals surface area (Å²) in [6.07, 6.45) is 5.29. The van der Waals surface area contributed by atoms with Crippen molar-refractivity contribution < 1.29 is 14.4 Å². The van der Waals surface area contributed by atoms with E-state index in [2.05, 4.69) is 20.6 Å². The maximum absolute atomic E-state index is 13.6. The molecule has 0 fully saturated rings. The third-order valence-corrected chi connectivity index (χ3v) is 5.98. The zero-order chi connectivity index (χ0) is 24.9. The van der Waals surface area contributed by atoms with Crippen LogP contribution in [0.15, 0.2) is 97.5 Å². The van der Waals surface area contributed by atoms with Gasteiger partial charge in [-0.15, -0.1) is 0 Å². The van der Waals surface area contributed by atoms with Gasteiger partial charge < -0.3 is 15.5 Å². The molecule has 8 nitrogen and oxygen atoms in total. The lowest BCUT2D eigenvalue weighted by Crippen LogP contribution is -2.46. The molecule has 0 unspecified atom stereocenters.